The molecule has 0 spiro atoms. The summed E-state index contributed by atoms with van der Waals surface area (Å²) in [5.41, 5.74) is 0.132. The molecule has 0 atom stereocenters. The predicted octanol–water partition coefficient (Wildman–Crippen LogP) is 1.94. The third kappa shape index (κ3) is 3.19. The van der Waals surface area contributed by atoms with Crippen molar-refractivity contribution in [3.05, 3.63) is 64.3 Å². The first-order chi connectivity index (χ1) is 9.20. The Hall–Kier alpha value is -2.61. The number of hydrogen-bond acceptors (Lipinski definition) is 3. The lowest BCUT2D eigenvalue weighted by molar-refractivity contribution is 0.294. The average Bonchev–Trinajstić information content (AvgIpc) is 2.43. The van der Waals surface area contributed by atoms with Crippen LogP contribution in [0.4, 0.5) is 4.39 Å². The number of nitriles is 1. The van der Waals surface area contributed by atoms with E-state index in [4.69, 9.17) is 10.00 Å². The Labute approximate surface area is 109 Å². The number of rotatable bonds is 4. The third-order valence-electron chi connectivity index (χ3n) is 2.54. The minimum absolute atomic E-state index is 0.183. The number of benzene rings is 1. The second kappa shape index (κ2) is 5.83. The van der Waals surface area contributed by atoms with E-state index in [9.17, 15) is 9.18 Å². The highest BCUT2D eigenvalue weighted by Gasteiger charge is 2.02. The van der Waals surface area contributed by atoms with Gasteiger partial charge in [0, 0.05) is 12.3 Å². The summed E-state index contributed by atoms with van der Waals surface area (Å²) < 4.78 is 19.6. The zero-order chi connectivity index (χ0) is 13.7. The molecule has 0 bridgehead atoms. The Morgan fingerprint density at radius 2 is 2.05 bits per heavy atom. The van der Waals surface area contributed by atoms with Gasteiger partial charge in [0.05, 0.1) is 12.1 Å². The van der Waals surface area contributed by atoms with Gasteiger partial charge in [-0.25, -0.2) is 4.39 Å². The lowest BCUT2D eigenvalue weighted by Gasteiger charge is -2.09. The highest BCUT2D eigenvalue weighted by molar-refractivity contribution is 5.42. The molecule has 96 valence electrons. The minimum atomic E-state index is -0.475. The van der Waals surface area contributed by atoms with Crippen molar-refractivity contribution in [1.29, 1.82) is 5.26 Å². The zero-order valence-electron chi connectivity index (χ0n) is 10.0. The first-order valence-corrected chi connectivity index (χ1v) is 5.68. The first-order valence-electron chi connectivity index (χ1n) is 5.68. The Morgan fingerprint density at radius 3 is 2.84 bits per heavy atom. The number of ether oxygens (including phenoxy) is 1. The lowest BCUT2D eigenvalue weighted by Crippen LogP contribution is -2.22. The first kappa shape index (κ1) is 12.8. The van der Waals surface area contributed by atoms with Crippen LogP contribution in [0.2, 0.25) is 0 Å². The molecule has 0 radical (unpaired) electrons. The molecule has 0 saturated carbocycles. The maximum Gasteiger partial charge on any atom is 0.250 e. The molecular formula is C14H11FN2O2. The van der Waals surface area contributed by atoms with Crippen LogP contribution in [0.15, 0.2) is 47.4 Å². The summed E-state index contributed by atoms with van der Waals surface area (Å²) in [6.45, 7) is 0.401. The number of nitrogens with zero attached hydrogens (tertiary/aromatic N) is 2. The van der Waals surface area contributed by atoms with Gasteiger partial charge in [-0.3, -0.25) is 4.79 Å². The largest absolute Gasteiger partial charge is 0.490 e. The van der Waals surface area contributed by atoms with Crippen molar-refractivity contribution >= 4 is 0 Å². The lowest BCUT2D eigenvalue weighted by atomic mass is 10.2. The number of hydrogen-bond donors (Lipinski definition) is 0. The molecule has 0 aliphatic carbocycles. The standard InChI is InChI=1S/C14H11FN2O2/c15-12-5-6-14(18)17(10-12)7-8-19-13-4-2-1-3-11(13)9-16/h1-6,10H,7-8H2. The highest BCUT2D eigenvalue weighted by atomic mass is 19.1. The maximum absolute atomic E-state index is 13.0. The molecule has 0 unspecified atom stereocenters. The van der Waals surface area contributed by atoms with Crippen LogP contribution in [0.5, 0.6) is 5.75 Å². The quantitative estimate of drug-likeness (QED) is 0.842. The molecule has 1 aromatic heterocycles. The van der Waals surface area contributed by atoms with Gasteiger partial charge in [0.25, 0.3) is 5.56 Å². The summed E-state index contributed by atoms with van der Waals surface area (Å²) in [5.74, 6) is -0.0218. The van der Waals surface area contributed by atoms with Gasteiger partial charge in [-0.15, -0.1) is 0 Å². The summed E-state index contributed by atoms with van der Waals surface area (Å²) in [7, 11) is 0. The van der Waals surface area contributed by atoms with Gasteiger partial charge in [0.15, 0.2) is 0 Å². The Morgan fingerprint density at radius 1 is 1.26 bits per heavy atom. The van der Waals surface area contributed by atoms with Crippen LogP contribution in [-0.2, 0) is 6.54 Å². The SMILES string of the molecule is N#Cc1ccccc1OCCn1cc(F)ccc1=O. The molecule has 0 saturated heterocycles. The van der Waals surface area contributed by atoms with Crippen molar-refractivity contribution < 1.29 is 9.13 Å². The van der Waals surface area contributed by atoms with E-state index in [1.807, 2.05) is 6.07 Å². The molecule has 1 heterocycles. The number of pyridine rings is 1. The second-order valence-electron chi connectivity index (χ2n) is 3.84. The average molecular weight is 258 g/mol. The van der Waals surface area contributed by atoms with E-state index >= 15 is 0 Å². The second-order valence-corrected chi connectivity index (χ2v) is 3.84. The van der Waals surface area contributed by atoms with Crippen LogP contribution >= 0.6 is 0 Å². The van der Waals surface area contributed by atoms with Crippen molar-refractivity contribution in [2.75, 3.05) is 6.61 Å². The number of aromatic nitrogens is 1. The fraction of sp³-hybridized carbons (Fsp3) is 0.143. The summed E-state index contributed by atoms with van der Waals surface area (Å²) in [6.07, 6.45) is 1.13. The molecule has 5 heteroatoms. The summed E-state index contributed by atoms with van der Waals surface area (Å²) >= 11 is 0. The molecular weight excluding hydrogens is 247 g/mol. The summed E-state index contributed by atoms with van der Waals surface area (Å²) in [5, 5.41) is 8.88. The van der Waals surface area contributed by atoms with E-state index < -0.39 is 5.82 Å². The van der Waals surface area contributed by atoms with Crippen molar-refractivity contribution in [1.82, 2.24) is 4.57 Å². The molecule has 2 aromatic rings. The normalized spacial score (nSPS) is 9.89. The topological polar surface area (TPSA) is 55.0 Å². The smallest absolute Gasteiger partial charge is 0.250 e. The highest BCUT2D eigenvalue weighted by Crippen LogP contribution is 2.16. The molecule has 0 fully saturated rings. The Kier molecular flexibility index (Phi) is 3.94. The molecule has 0 N–H and O–H groups in total. The molecule has 0 aliphatic rings. The monoisotopic (exact) mass is 258 g/mol. The zero-order valence-corrected chi connectivity index (χ0v) is 10.0. The van der Waals surface area contributed by atoms with E-state index in [0.29, 0.717) is 11.3 Å². The van der Waals surface area contributed by atoms with Crippen molar-refractivity contribution in [3.63, 3.8) is 0 Å². The fourth-order valence-electron chi connectivity index (χ4n) is 1.62. The minimum Gasteiger partial charge on any atom is -0.490 e. The molecule has 0 amide bonds. The molecule has 1 aromatic carbocycles. The van der Waals surface area contributed by atoms with E-state index in [1.165, 1.54) is 10.6 Å². The van der Waals surface area contributed by atoms with Crippen LogP contribution in [0.25, 0.3) is 0 Å². The van der Waals surface area contributed by atoms with Crippen LogP contribution in [0, 0.1) is 17.1 Å². The Balaban J connectivity index is 2.03. The molecule has 19 heavy (non-hydrogen) atoms. The van der Waals surface area contributed by atoms with Gasteiger partial charge >= 0.3 is 0 Å². The van der Waals surface area contributed by atoms with Crippen molar-refractivity contribution in [2.24, 2.45) is 0 Å². The third-order valence-corrected chi connectivity index (χ3v) is 2.54. The van der Waals surface area contributed by atoms with E-state index in [2.05, 4.69) is 0 Å². The number of para-hydroxylation sites is 1. The molecule has 4 nitrogen and oxygen atoms in total. The van der Waals surface area contributed by atoms with Gasteiger partial charge in [-0.05, 0) is 18.2 Å². The van der Waals surface area contributed by atoms with E-state index in [-0.39, 0.29) is 18.7 Å². The Bertz CT molecular complexity index is 674. The maximum atomic E-state index is 13.0. The van der Waals surface area contributed by atoms with Gasteiger partial charge < -0.3 is 9.30 Å². The summed E-state index contributed by atoms with van der Waals surface area (Å²) in [4.78, 5) is 11.4. The van der Waals surface area contributed by atoms with E-state index in [1.54, 1.807) is 24.3 Å². The van der Waals surface area contributed by atoms with E-state index in [0.717, 1.165) is 12.3 Å². The van der Waals surface area contributed by atoms with Crippen LogP contribution < -0.4 is 10.3 Å². The summed E-state index contributed by atoms with van der Waals surface area (Å²) in [6, 6.07) is 11.1. The van der Waals surface area contributed by atoms with Crippen LogP contribution in [0.3, 0.4) is 0 Å². The van der Waals surface area contributed by atoms with Crippen molar-refractivity contribution in [3.8, 4) is 11.8 Å². The van der Waals surface area contributed by atoms with Crippen LogP contribution in [-0.4, -0.2) is 11.2 Å². The van der Waals surface area contributed by atoms with Gasteiger partial charge in [-0.1, -0.05) is 12.1 Å². The van der Waals surface area contributed by atoms with Crippen molar-refractivity contribution in [2.45, 2.75) is 6.54 Å². The number of halogens is 1. The van der Waals surface area contributed by atoms with Gasteiger partial charge in [0.2, 0.25) is 0 Å². The predicted molar refractivity (Wildman–Crippen MR) is 67.3 cm³/mol. The van der Waals surface area contributed by atoms with Gasteiger partial charge in [-0.2, -0.15) is 5.26 Å². The van der Waals surface area contributed by atoms with Gasteiger partial charge in [0.1, 0.15) is 24.2 Å². The van der Waals surface area contributed by atoms with Crippen LogP contribution in [0.1, 0.15) is 5.56 Å². The molecule has 0 aliphatic heterocycles. The molecule has 2 rings (SSSR count). The fourth-order valence-corrected chi connectivity index (χ4v) is 1.62.